The van der Waals surface area contributed by atoms with Crippen LogP contribution in [0.1, 0.15) is 46.5 Å². The van der Waals surface area contributed by atoms with Gasteiger partial charge >= 0.3 is 0 Å². The Bertz CT molecular complexity index is 1470. The Balaban J connectivity index is 0.000000943. The van der Waals surface area contributed by atoms with E-state index in [1.807, 2.05) is 0 Å². The third-order valence-electron chi connectivity index (χ3n) is 12.3. The van der Waals surface area contributed by atoms with Crippen molar-refractivity contribution in [1.82, 2.24) is 0 Å². The van der Waals surface area contributed by atoms with Gasteiger partial charge in [0, 0.05) is 43.4 Å². The molecule has 4 heterocycles. The molecule has 0 aliphatic carbocycles. The summed E-state index contributed by atoms with van der Waals surface area (Å²) in [7, 11) is 0. The van der Waals surface area contributed by atoms with E-state index in [9.17, 15) is 126 Å². The third-order valence-corrected chi connectivity index (χ3v) is 12.3. The first-order chi connectivity index (χ1) is 32.9. The maximum atomic E-state index is 10.8. The highest BCUT2D eigenvalue weighted by molar-refractivity contribution is 5.74. The molecule has 0 amide bonds. The number of aliphatic hydroxyl groups is 21. The van der Waals surface area contributed by atoms with Crippen LogP contribution in [0.2, 0.25) is 0 Å². The fourth-order valence-corrected chi connectivity index (χ4v) is 7.47. The summed E-state index contributed by atoms with van der Waals surface area (Å²) in [5, 5.41) is 239. The minimum Gasteiger partial charge on any atom is -0.544 e. The molecule has 0 radical (unpaired) electrons. The molecule has 4 aliphatic rings. The van der Waals surface area contributed by atoms with E-state index < -0.39 is 221 Å². The van der Waals surface area contributed by atoms with Gasteiger partial charge in [-0.15, -0.1) is 0 Å². The summed E-state index contributed by atoms with van der Waals surface area (Å²) in [5.74, 6) is -20.8. The molecule has 4 aliphatic heterocycles. The number of aliphatic hydroxyl groups excluding tert-OH is 17. The molecule has 0 spiro atoms. The van der Waals surface area contributed by atoms with Crippen LogP contribution in [0.25, 0.3) is 0 Å². The monoisotopic (exact) mass is 1080 g/mol. The van der Waals surface area contributed by atoms with Gasteiger partial charge in [0.2, 0.25) is 23.1 Å². The summed E-state index contributed by atoms with van der Waals surface area (Å²) in [6.07, 6.45) is -29.5. The van der Waals surface area contributed by atoms with E-state index in [4.69, 9.17) is 29.9 Å². The fraction of sp³-hybridized carbons (Fsp3) is 0.897. The Morgan fingerprint density at radius 1 is 0.438 bits per heavy atom. The molecule has 4 saturated heterocycles. The summed E-state index contributed by atoms with van der Waals surface area (Å²) in [4.78, 5) is 42.9. The molecular weight excluding hydrogens is 1010 g/mol. The molecule has 24 atom stereocenters. The van der Waals surface area contributed by atoms with Crippen molar-refractivity contribution < 1.29 is 171 Å². The van der Waals surface area contributed by atoms with Crippen LogP contribution < -0.4 is 20.4 Å². The van der Waals surface area contributed by atoms with E-state index in [0.717, 1.165) is 0 Å². The largest absolute Gasteiger partial charge is 0.544 e. The molecule has 0 aromatic rings. The van der Waals surface area contributed by atoms with Crippen LogP contribution in [0.5, 0.6) is 0 Å². The van der Waals surface area contributed by atoms with Gasteiger partial charge in [0.1, 0.15) is 84.9 Å². The summed E-state index contributed by atoms with van der Waals surface area (Å²) in [6.45, 7) is 1.56. The first-order valence-electron chi connectivity index (χ1n) is 21.7. The maximum absolute atomic E-state index is 10.8. The quantitative estimate of drug-likeness (QED) is 0.0682. The molecule has 34 heteroatoms. The molecule has 0 bridgehead atoms. The van der Waals surface area contributed by atoms with Crippen LogP contribution in [0.15, 0.2) is 0 Å². The third kappa shape index (κ3) is 17.4. The van der Waals surface area contributed by atoms with Gasteiger partial charge < -0.3 is 171 Å². The van der Waals surface area contributed by atoms with Crippen LogP contribution >= 0.6 is 0 Å². The van der Waals surface area contributed by atoms with Crippen molar-refractivity contribution in [3.63, 3.8) is 0 Å². The number of rotatable bonds is 16. The lowest BCUT2D eigenvalue weighted by molar-refractivity contribution is -0.380. The van der Waals surface area contributed by atoms with Gasteiger partial charge in [-0.1, -0.05) is 20.8 Å². The number of carbonyl (C=O) groups is 4. The van der Waals surface area contributed by atoms with E-state index in [2.05, 4.69) is 9.47 Å². The Kier molecular flexibility index (Phi) is 27.6. The zero-order chi connectivity index (χ0) is 56.3. The van der Waals surface area contributed by atoms with Crippen molar-refractivity contribution in [3.8, 4) is 0 Å². The van der Waals surface area contributed by atoms with Gasteiger partial charge in [-0.3, -0.25) is 0 Å². The van der Waals surface area contributed by atoms with E-state index in [1.54, 1.807) is 6.92 Å². The molecule has 73 heavy (non-hydrogen) atoms. The lowest BCUT2D eigenvalue weighted by atomic mass is 9.81. The van der Waals surface area contributed by atoms with Crippen molar-refractivity contribution in [2.24, 2.45) is 17.8 Å². The Hall–Kier alpha value is -3.16. The number of hydrogen-bond acceptors (Lipinski definition) is 33. The first kappa shape index (κ1) is 69.8. The van der Waals surface area contributed by atoms with Gasteiger partial charge in [0.05, 0.1) is 69.2 Å². The average Bonchev–Trinajstić information content (AvgIpc) is 3.31. The molecule has 0 aromatic heterocycles. The highest BCUT2D eigenvalue weighted by Gasteiger charge is 2.53. The van der Waals surface area contributed by atoms with Crippen molar-refractivity contribution in [1.29, 1.82) is 0 Å². The molecular formula is C39H68O34-4. The molecule has 4 rings (SSSR count). The van der Waals surface area contributed by atoms with Crippen molar-refractivity contribution in [2.45, 2.75) is 173 Å². The van der Waals surface area contributed by atoms with Crippen LogP contribution in [0.3, 0.4) is 0 Å². The highest BCUT2D eigenvalue weighted by Crippen LogP contribution is 2.37. The molecule has 23 N–H and O–H groups in total. The predicted octanol–water partition coefficient (Wildman–Crippen LogP) is -18.4. The highest BCUT2D eigenvalue weighted by atomic mass is 16.7. The standard InChI is InChI=1S/C11H20O7.C10H18O8.2C9H16O9.H2O/c1-5-7(13)3-11(17,10(15)16)18-9(5)6(2)8(14)4-12;1-4-5(12)2-10(17,9(15)16)18-8(4)7(14)6(13)3-11;2*10-2-4(12)6(14)7-5(13)3(11)1-9(17,18-7)8(15)16;/h5-9,12-14,17H,3-4H2,1-2H3,(H,15,16);4-8,11-14,17H,2-3H2,1H3,(H,15,16);2*3-7,10-14,17H,1-2H2,(H,15,16);1H2/p-4/t5-,6-,7-,8-,9?,11-;4-,5-,6-,7-,8?,10-;2*3-,4-,5-,6-,7?,9-;/m1111./s1. The van der Waals surface area contributed by atoms with Crippen LogP contribution in [-0.4, -0.2) is 290 Å². The first-order valence-corrected chi connectivity index (χ1v) is 21.7. The second kappa shape index (κ2) is 28.8. The van der Waals surface area contributed by atoms with Gasteiger partial charge in [0.15, 0.2) is 0 Å². The van der Waals surface area contributed by atoms with Crippen LogP contribution in [0.4, 0.5) is 0 Å². The summed E-state index contributed by atoms with van der Waals surface area (Å²) < 4.78 is 19.0. The number of carboxylic acids is 4. The van der Waals surface area contributed by atoms with Crippen molar-refractivity contribution in [3.05, 3.63) is 0 Å². The Morgan fingerprint density at radius 2 is 0.658 bits per heavy atom. The van der Waals surface area contributed by atoms with Gasteiger partial charge in [-0.25, -0.2) is 0 Å². The lowest BCUT2D eigenvalue weighted by Gasteiger charge is -2.46. The lowest BCUT2D eigenvalue weighted by Crippen LogP contribution is -2.65. The van der Waals surface area contributed by atoms with E-state index in [-0.39, 0.29) is 5.48 Å². The molecule has 4 unspecified atom stereocenters. The van der Waals surface area contributed by atoms with E-state index in [1.165, 1.54) is 13.8 Å². The second-order valence-electron chi connectivity index (χ2n) is 17.7. The van der Waals surface area contributed by atoms with Crippen molar-refractivity contribution in [2.75, 3.05) is 26.4 Å². The predicted molar refractivity (Wildman–Crippen MR) is 215 cm³/mol. The van der Waals surface area contributed by atoms with Gasteiger partial charge in [0.25, 0.3) is 0 Å². The number of aliphatic carboxylic acids is 4. The number of ether oxygens (including phenoxy) is 4. The summed E-state index contributed by atoms with van der Waals surface area (Å²) in [5.41, 5.74) is 0. The van der Waals surface area contributed by atoms with Crippen molar-refractivity contribution >= 4 is 23.9 Å². The number of carbonyl (C=O) groups excluding carboxylic acids is 4. The normalized spacial score (nSPS) is 39.7. The molecule has 0 saturated carbocycles. The minimum absolute atomic E-state index is 0. The SMILES string of the molecule is C[C@@H](C1O[C@@](O)(C(=O)[O-])C[C@@H](O)[C@H]1C)[C@H](O)CO.C[C@H]1C([C@H](O)[C@H](O)CO)O[C@@](O)(C(=O)[O-])C[C@H]1O.O.O=C([O-])[C@@]1(O)C[C@@H](O)[C@@H](O)C([C@H](O)[C@H](O)CO)O1.O=C([O-])[C@@]1(O)C[C@@H](O)[C@@H](O)C([C@H](O)[C@H](O)CO)O1. The smallest absolute Gasteiger partial charge is 0.210 e. The van der Waals surface area contributed by atoms with Crippen LogP contribution in [0, 0.1) is 17.8 Å². The second-order valence-corrected chi connectivity index (χ2v) is 17.7. The summed E-state index contributed by atoms with van der Waals surface area (Å²) in [6, 6.07) is 0. The molecule has 4 fully saturated rings. The van der Waals surface area contributed by atoms with Gasteiger partial charge in [-0.05, 0) is 0 Å². The Labute approximate surface area is 412 Å². The molecule has 34 nitrogen and oxygen atoms in total. The topological polar surface area (TPSA) is 654 Å². The molecule has 0 aromatic carbocycles. The zero-order valence-electron chi connectivity index (χ0n) is 39.0. The summed E-state index contributed by atoms with van der Waals surface area (Å²) >= 11 is 0. The van der Waals surface area contributed by atoms with E-state index in [0.29, 0.717) is 0 Å². The van der Waals surface area contributed by atoms with Gasteiger partial charge in [-0.2, -0.15) is 0 Å². The maximum Gasteiger partial charge on any atom is 0.210 e. The zero-order valence-corrected chi connectivity index (χ0v) is 39.0. The number of carboxylic acid groups (broad SMARTS) is 4. The van der Waals surface area contributed by atoms with Crippen LogP contribution in [-0.2, 0) is 38.1 Å². The minimum atomic E-state index is -2.89. The fourth-order valence-electron chi connectivity index (χ4n) is 7.47. The number of hydrogen-bond donors (Lipinski definition) is 21. The van der Waals surface area contributed by atoms with E-state index >= 15 is 0 Å². The average molecular weight is 1080 g/mol. The molecule has 432 valence electrons. The Morgan fingerprint density at radius 3 is 0.918 bits per heavy atom.